The minimum Gasteiger partial charge on any atom is -0.508 e. The summed E-state index contributed by atoms with van der Waals surface area (Å²) in [5, 5.41) is 13.0. The van der Waals surface area contributed by atoms with Crippen LogP contribution in [-0.4, -0.2) is 17.9 Å². The van der Waals surface area contributed by atoms with Gasteiger partial charge in [-0.3, -0.25) is 0 Å². The summed E-state index contributed by atoms with van der Waals surface area (Å²) in [4.78, 5) is 4.85. The molecule has 1 heterocycles. The monoisotopic (exact) mass is 342 g/mol. The summed E-state index contributed by atoms with van der Waals surface area (Å²) in [5.74, 6) is 1.05. The van der Waals surface area contributed by atoms with E-state index >= 15 is 0 Å². The van der Waals surface area contributed by atoms with Crippen LogP contribution < -0.4 is 10.1 Å². The molecule has 0 atom stereocenters. The number of benzene rings is 3. The number of phenolic OH excluding ortho intramolecular Hbond substituents is 1. The van der Waals surface area contributed by atoms with Gasteiger partial charge in [-0.25, -0.2) is 4.99 Å². The van der Waals surface area contributed by atoms with E-state index in [1.165, 1.54) is 0 Å². The molecular formula is C22H18N2O2. The van der Waals surface area contributed by atoms with Gasteiger partial charge in [0.25, 0.3) is 0 Å². The molecular weight excluding hydrogens is 324 g/mol. The first-order valence-electron chi connectivity index (χ1n) is 8.33. The first kappa shape index (κ1) is 16.0. The zero-order chi connectivity index (χ0) is 17.9. The minimum atomic E-state index is 0.243. The Morgan fingerprint density at radius 2 is 1.54 bits per heavy atom. The first-order valence-corrected chi connectivity index (χ1v) is 8.33. The molecule has 3 aromatic carbocycles. The molecule has 4 heteroatoms. The normalized spacial score (nSPS) is 13.0. The Balaban J connectivity index is 1.83. The number of hydrogen-bond donors (Lipinski definition) is 2. The summed E-state index contributed by atoms with van der Waals surface area (Å²) in [6.45, 7) is 0. The van der Waals surface area contributed by atoms with Crippen LogP contribution in [0, 0.1) is 0 Å². The molecule has 0 unspecified atom stereocenters. The van der Waals surface area contributed by atoms with E-state index in [9.17, 15) is 5.11 Å². The second-order valence-electron chi connectivity index (χ2n) is 5.97. The van der Waals surface area contributed by atoms with Crippen molar-refractivity contribution < 1.29 is 9.84 Å². The molecule has 1 aliphatic heterocycles. The number of methoxy groups -OCH3 is 1. The highest BCUT2D eigenvalue weighted by molar-refractivity contribution is 6.15. The number of aliphatic imine (C=N–C) groups is 1. The lowest BCUT2D eigenvalue weighted by molar-refractivity contribution is 0.415. The summed E-state index contributed by atoms with van der Waals surface area (Å²) in [5.41, 5.74) is 5.57. The molecule has 0 saturated carbocycles. The lowest BCUT2D eigenvalue weighted by atomic mass is 10.1. The second-order valence-corrected chi connectivity index (χ2v) is 5.97. The fourth-order valence-electron chi connectivity index (χ4n) is 2.86. The first-order chi connectivity index (χ1) is 12.7. The van der Waals surface area contributed by atoms with Gasteiger partial charge in [-0.1, -0.05) is 12.1 Å². The topological polar surface area (TPSA) is 53.8 Å². The van der Waals surface area contributed by atoms with E-state index in [0.717, 1.165) is 39.7 Å². The molecule has 0 amide bonds. The lowest BCUT2D eigenvalue weighted by Gasteiger charge is -2.11. The maximum absolute atomic E-state index is 9.57. The van der Waals surface area contributed by atoms with Crippen molar-refractivity contribution in [1.29, 1.82) is 0 Å². The van der Waals surface area contributed by atoms with E-state index in [1.807, 2.05) is 66.7 Å². The summed E-state index contributed by atoms with van der Waals surface area (Å²) < 4.78 is 5.25. The van der Waals surface area contributed by atoms with Crippen LogP contribution in [0.2, 0.25) is 0 Å². The molecule has 3 aromatic rings. The molecule has 26 heavy (non-hydrogen) atoms. The Hall–Kier alpha value is -3.53. The van der Waals surface area contributed by atoms with Gasteiger partial charge in [0.1, 0.15) is 11.5 Å². The molecule has 1 aliphatic rings. The van der Waals surface area contributed by atoms with Crippen molar-refractivity contribution in [1.82, 2.24) is 0 Å². The fraction of sp³-hybridized carbons (Fsp3) is 0.0455. The van der Waals surface area contributed by atoms with E-state index in [2.05, 4.69) is 5.32 Å². The molecule has 0 bridgehead atoms. The summed E-state index contributed by atoms with van der Waals surface area (Å²) in [6, 6.07) is 22.9. The molecule has 4 nitrogen and oxygen atoms in total. The largest absolute Gasteiger partial charge is 0.508 e. The van der Waals surface area contributed by atoms with Crippen LogP contribution >= 0.6 is 0 Å². The van der Waals surface area contributed by atoms with Crippen LogP contribution in [0.3, 0.4) is 0 Å². The van der Waals surface area contributed by atoms with Crippen molar-refractivity contribution in [3.63, 3.8) is 0 Å². The van der Waals surface area contributed by atoms with Gasteiger partial charge in [-0.2, -0.15) is 0 Å². The number of aromatic hydroxyl groups is 1. The molecule has 0 spiro atoms. The van der Waals surface area contributed by atoms with Crippen molar-refractivity contribution in [3.8, 4) is 11.5 Å². The number of hydrogen-bond acceptors (Lipinski definition) is 4. The Morgan fingerprint density at radius 1 is 0.846 bits per heavy atom. The zero-order valence-corrected chi connectivity index (χ0v) is 14.3. The highest BCUT2D eigenvalue weighted by Gasteiger charge is 2.13. The average Bonchev–Trinajstić information content (AvgIpc) is 2.88. The second kappa shape index (κ2) is 6.76. The fourth-order valence-corrected chi connectivity index (χ4v) is 2.86. The number of nitrogens with zero attached hydrogens (tertiary/aromatic N) is 1. The number of anilines is 1. The van der Waals surface area contributed by atoms with Gasteiger partial charge in [-0.15, -0.1) is 0 Å². The highest BCUT2D eigenvalue weighted by atomic mass is 16.5. The third-order valence-electron chi connectivity index (χ3n) is 4.26. The van der Waals surface area contributed by atoms with Gasteiger partial charge >= 0.3 is 0 Å². The van der Waals surface area contributed by atoms with Gasteiger partial charge in [0.2, 0.25) is 0 Å². The molecule has 0 saturated heterocycles. The van der Waals surface area contributed by atoms with Crippen molar-refractivity contribution in [3.05, 3.63) is 90.0 Å². The zero-order valence-electron chi connectivity index (χ0n) is 14.3. The average molecular weight is 342 g/mol. The van der Waals surface area contributed by atoms with Crippen LogP contribution in [0.1, 0.15) is 11.1 Å². The number of para-hydroxylation sites is 2. The summed E-state index contributed by atoms with van der Waals surface area (Å²) >= 11 is 0. The number of allylic oxidation sites excluding steroid dienone is 1. The molecule has 0 radical (unpaired) electrons. The predicted molar refractivity (Wildman–Crippen MR) is 105 cm³/mol. The number of nitrogens with one attached hydrogen (secondary N) is 1. The van der Waals surface area contributed by atoms with Crippen molar-refractivity contribution in [2.45, 2.75) is 0 Å². The van der Waals surface area contributed by atoms with Crippen molar-refractivity contribution >= 4 is 22.8 Å². The van der Waals surface area contributed by atoms with Crippen molar-refractivity contribution in [2.75, 3.05) is 12.4 Å². The number of ether oxygens (including phenoxy) is 1. The quantitative estimate of drug-likeness (QED) is 0.705. The Morgan fingerprint density at radius 3 is 2.27 bits per heavy atom. The standard InChI is InChI=1S/C22H18N2O2/c1-26-18-12-8-16(9-13-18)22-14-21(15-6-10-17(25)11-7-15)23-19-4-2-3-5-20(19)24-22/h2-14,23,25H,1H3. The SMILES string of the molecule is COc1ccc(C2=Nc3ccccc3NC(c3ccc(O)cc3)=C2)cc1. The minimum absolute atomic E-state index is 0.243. The van der Waals surface area contributed by atoms with Gasteiger partial charge in [0, 0.05) is 11.3 Å². The van der Waals surface area contributed by atoms with Gasteiger partial charge in [0.05, 0.1) is 24.2 Å². The predicted octanol–water partition coefficient (Wildman–Crippen LogP) is 4.99. The molecule has 0 aliphatic carbocycles. The van der Waals surface area contributed by atoms with Gasteiger partial charge < -0.3 is 15.2 Å². The van der Waals surface area contributed by atoms with Crippen LogP contribution in [0.5, 0.6) is 11.5 Å². The maximum Gasteiger partial charge on any atom is 0.118 e. The van der Waals surface area contributed by atoms with Crippen molar-refractivity contribution in [2.24, 2.45) is 4.99 Å². The highest BCUT2D eigenvalue weighted by Crippen LogP contribution is 2.32. The Kier molecular flexibility index (Phi) is 4.15. The van der Waals surface area contributed by atoms with Gasteiger partial charge in [-0.05, 0) is 72.3 Å². The number of rotatable bonds is 3. The number of phenols is 1. The molecule has 128 valence electrons. The van der Waals surface area contributed by atoms with Crippen LogP contribution in [0.25, 0.3) is 5.70 Å². The lowest BCUT2D eigenvalue weighted by Crippen LogP contribution is -2.01. The third kappa shape index (κ3) is 3.17. The maximum atomic E-state index is 9.57. The van der Waals surface area contributed by atoms with Gasteiger partial charge in [0.15, 0.2) is 0 Å². The molecule has 0 aromatic heterocycles. The summed E-state index contributed by atoms with van der Waals surface area (Å²) in [7, 11) is 1.65. The Bertz CT molecular complexity index is 987. The van der Waals surface area contributed by atoms with E-state index < -0.39 is 0 Å². The number of fused-ring (bicyclic) bond motifs is 1. The molecule has 0 fully saturated rings. The van der Waals surface area contributed by atoms with E-state index in [-0.39, 0.29) is 5.75 Å². The van der Waals surface area contributed by atoms with Crippen LogP contribution in [0.15, 0.2) is 83.9 Å². The van der Waals surface area contributed by atoms with E-state index in [1.54, 1.807) is 19.2 Å². The Labute approximate surface area is 152 Å². The van der Waals surface area contributed by atoms with Crippen LogP contribution in [0.4, 0.5) is 11.4 Å². The van der Waals surface area contributed by atoms with E-state index in [4.69, 9.17) is 9.73 Å². The van der Waals surface area contributed by atoms with Crippen LogP contribution in [-0.2, 0) is 0 Å². The summed E-state index contributed by atoms with van der Waals surface area (Å²) in [6.07, 6.45) is 2.02. The molecule has 4 rings (SSSR count). The molecule has 2 N–H and O–H groups in total. The smallest absolute Gasteiger partial charge is 0.118 e. The third-order valence-corrected chi connectivity index (χ3v) is 4.26. The van der Waals surface area contributed by atoms with E-state index in [0.29, 0.717) is 0 Å².